The summed E-state index contributed by atoms with van der Waals surface area (Å²) in [5.41, 5.74) is 1.96. The molecule has 0 spiro atoms. The van der Waals surface area contributed by atoms with Gasteiger partial charge in [0.05, 0.1) is 26.7 Å². The fraction of sp³-hybridized carbons (Fsp3) is 0.250. The van der Waals surface area contributed by atoms with Crippen LogP contribution in [0.2, 0.25) is 0 Å². The minimum Gasteiger partial charge on any atom is -0.508 e. The van der Waals surface area contributed by atoms with E-state index in [1.807, 2.05) is 0 Å². The van der Waals surface area contributed by atoms with Crippen LogP contribution in [-0.2, 0) is 4.79 Å². The van der Waals surface area contributed by atoms with Gasteiger partial charge in [0.25, 0.3) is 0 Å². The Morgan fingerprint density at radius 3 is 2.59 bits per heavy atom. The zero-order chi connectivity index (χ0) is 19.6. The number of ether oxygens (including phenoxy) is 3. The van der Waals surface area contributed by atoms with E-state index in [0.717, 1.165) is 6.08 Å². The number of carbonyl (C=O) groups is 1. The molecule has 1 heterocycles. The van der Waals surface area contributed by atoms with Crippen LogP contribution in [-0.4, -0.2) is 42.1 Å². The van der Waals surface area contributed by atoms with Crippen molar-refractivity contribution in [1.29, 1.82) is 0 Å². The van der Waals surface area contributed by atoms with Crippen molar-refractivity contribution in [3.63, 3.8) is 0 Å². The molecule has 3 N–H and O–H groups in total. The fourth-order valence-corrected chi connectivity index (χ4v) is 3.22. The van der Waals surface area contributed by atoms with Crippen LogP contribution >= 0.6 is 0 Å². The van der Waals surface area contributed by atoms with Crippen molar-refractivity contribution in [2.45, 2.75) is 12.0 Å². The zero-order valence-electron chi connectivity index (χ0n) is 14.9. The Bertz CT molecular complexity index is 888. The average molecular weight is 372 g/mol. The van der Waals surface area contributed by atoms with Crippen molar-refractivity contribution in [1.82, 2.24) is 0 Å². The number of carboxylic acid groups (broad SMARTS) is 1. The van der Waals surface area contributed by atoms with Crippen molar-refractivity contribution >= 4 is 12.0 Å². The quantitative estimate of drug-likeness (QED) is 0.670. The molecule has 7 heteroatoms. The highest BCUT2D eigenvalue weighted by Crippen LogP contribution is 2.51. The molecule has 0 aromatic heterocycles. The molecular weight excluding hydrogens is 352 g/mol. The number of methoxy groups -OCH3 is 2. The first kappa shape index (κ1) is 18.6. The summed E-state index contributed by atoms with van der Waals surface area (Å²) in [6.07, 6.45) is 1.92. The lowest BCUT2D eigenvalue weighted by molar-refractivity contribution is -0.131. The topological polar surface area (TPSA) is 105 Å². The summed E-state index contributed by atoms with van der Waals surface area (Å²) in [6, 6.07) is 8.20. The van der Waals surface area contributed by atoms with Gasteiger partial charge in [0.15, 0.2) is 11.5 Å². The van der Waals surface area contributed by atoms with Crippen molar-refractivity contribution in [2.24, 2.45) is 0 Å². The molecule has 0 fully saturated rings. The molecule has 2 aromatic carbocycles. The normalized spacial score (nSPS) is 18.2. The van der Waals surface area contributed by atoms with Gasteiger partial charge in [-0.25, -0.2) is 4.79 Å². The molecule has 0 aliphatic carbocycles. The molecule has 2 atom stereocenters. The van der Waals surface area contributed by atoms with E-state index in [2.05, 4.69) is 0 Å². The van der Waals surface area contributed by atoms with Gasteiger partial charge in [0.1, 0.15) is 17.6 Å². The average Bonchev–Trinajstić information content (AvgIpc) is 3.03. The van der Waals surface area contributed by atoms with Gasteiger partial charge in [-0.1, -0.05) is 0 Å². The van der Waals surface area contributed by atoms with Crippen LogP contribution < -0.4 is 14.2 Å². The maximum atomic E-state index is 10.8. The second-order valence-electron chi connectivity index (χ2n) is 6.10. The van der Waals surface area contributed by atoms with E-state index in [0.29, 0.717) is 33.9 Å². The van der Waals surface area contributed by atoms with Gasteiger partial charge >= 0.3 is 5.97 Å². The summed E-state index contributed by atoms with van der Waals surface area (Å²) in [6.45, 7) is -0.203. The number of fused-ring (bicyclic) bond motifs is 1. The van der Waals surface area contributed by atoms with E-state index in [4.69, 9.17) is 19.3 Å². The third kappa shape index (κ3) is 3.68. The Hall–Kier alpha value is -3.19. The Balaban J connectivity index is 2.06. The van der Waals surface area contributed by atoms with Gasteiger partial charge < -0.3 is 29.5 Å². The monoisotopic (exact) mass is 372 g/mol. The number of phenolic OH excluding ortho intramolecular Hbond substituents is 1. The summed E-state index contributed by atoms with van der Waals surface area (Å²) in [7, 11) is 2.98. The molecular formula is C20H20O7. The first-order chi connectivity index (χ1) is 13.0. The number of rotatable bonds is 6. The summed E-state index contributed by atoms with van der Waals surface area (Å²) in [5.74, 6) is -0.0642. The minimum absolute atomic E-state index is 0.0256. The molecule has 27 heavy (non-hydrogen) atoms. The van der Waals surface area contributed by atoms with Crippen molar-refractivity contribution in [3.8, 4) is 23.0 Å². The molecule has 3 rings (SSSR count). The van der Waals surface area contributed by atoms with Gasteiger partial charge in [0, 0.05) is 23.3 Å². The van der Waals surface area contributed by atoms with Gasteiger partial charge in [-0.15, -0.1) is 0 Å². The van der Waals surface area contributed by atoms with Gasteiger partial charge in [-0.05, 0) is 35.9 Å². The van der Waals surface area contributed by atoms with E-state index in [9.17, 15) is 15.0 Å². The van der Waals surface area contributed by atoms with Crippen LogP contribution in [0, 0.1) is 0 Å². The van der Waals surface area contributed by atoms with Gasteiger partial charge in [-0.2, -0.15) is 0 Å². The molecule has 2 unspecified atom stereocenters. The summed E-state index contributed by atoms with van der Waals surface area (Å²) < 4.78 is 16.6. The van der Waals surface area contributed by atoms with Crippen LogP contribution in [0.25, 0.3) is 6.08 Å². The third-order valence-electron chi connectivity index (χ3n) is 4.43. The predicted octanol–water partition coefficient (Wildman–Crippen LogP) is 2.72. The number of aliphatic hydroxyl groups is 1. The largest absolute Gasteiger partial charge is 0.508 e. The van der Waals surface area contributed by atoms with E-state index < -0.39 is 18.0 Å². The fourth-order valence-electron chi connectivity index (χ4n) is 3.22. The van der Waals surface area contributed by atoms with Gasteiger partial charge in [-0.3, -0.25) is 0 Å². The summed E-state index contributed by atoms with van der Waals surface area (Å²) in [4.78, 5) is 10.8. The third-order valence-corrected chi connectivity index (χ3v) is 4.43. The molecule has 0 saturated heterocycles. The Labute approximate surface area is 156 Å². The first-order valence-electron chi connectivity index (χ1n) is 8.25. The van der Waals surface area contributed by atoms with E-state index >= 15 is 0 Å². The van der Waals surface area contributed by atoms with E-state index in [-0.39, 0.29) is 12.4 Å². The van der Waals surface area contributed by atoms with Crippen LogP contribution in [0.5, 0.6) is 23.0 Å². The maximum absolute atomic E-state index is 10.8. The molecule has 0 bridgehead atoms. The molecule has 1 aliphatic rings. The highest BCUT2D eigenvalue weighted by atomic mass is 16.5. The van der Waals surface area contributed by atoms with Crippen molar-refractivity contribution in [3.05, 3.63) is 53.1 Å². The maximum Gasteiger partial charge on any atom is 0.328 e. The second-order valence-corrected chi connectivity index (χ2v) is 6.10. The second kappa shape index (κ2) is 7.59. The molecule has 1 aliphatic heterocycles. The SMILES string of the molecule is COc1cc(O)cc(C2Oc3c(OC)cc(/C=C/C(=O)O)cc3C2CO)c1. The number of aliphatic hydroxyl groups excluding tert-OH is 1. The standard InChI is InChI=1S/C20H20O7/c1-25-14-8-12(7-13(22)9-14)19-16(10-21)15-5-11(3-4-18(23)24)6-17(26-2)20(15)27-19/h3-9,16,19,21-22H,10H2,1-2H3,(H,23,24)/b4-3+. The number of hydrogen-bond donors (Lipinski definition) is 3. The lowest BCUT2D eigenvalue weighted by Gasteiger charge is -2.18. The van der Waals surface area contributed by atoms with E-state index in [1.54, 1.807) is 24.3 Å². The van der Waals surface area contributed by atoms with Crippen LogP contribution in [0.15, 0.2) is 36.4 Å². The van der Waals surface area contributed by atoms with E-state index in [1.165, 1.54) is 26.4 Å². The highest BCUT2D eigenvalue weighted by Gasteiger charge is 2.38. The van der Waals surface area contributed by atoms with Crippen LogP contribution in [0.1, 0.15) is 28.7 Å². The predicted molar refractivity (Wildman–Crippen MR) is 97.5 cm³/mol. The lowest BCUT2D eigenvalue weighted by Crippen LogP contribution is -2.13. The number of carboxylic acids is 1. The number of phenols is 1. The molecule has 0 saturated carbocycles. The Morgan fingerprint density at radius 1 is 1.19 bits per heavy atom. The molecule has 0 radical (unpaired) electrons. The molecule has 2 aromatic rings. The van der Waals surface area contributed by atoms with Crippen LogP contribution in [0.3, 0.4) is 0 Å². The zero-order valence-corrected chi connectivity index (χ0v) is 14.9. The number of aromatic hydroxyl groups is 1. The number of hydrogen-bond acceptors (Lipinski definition) is 6. The molecule has 7 nitrogen and oxygen atoms in total. The summed E-state index contributed by atoms with van der Waals surface area (Å²) >= 11 is 0. The van der Waals surface area contributed by atoms with Crippen LogP contribution in [0.4, 0.5) is 0 Å². The number of aliphatic carboxylic acids is 1. The highest BCUT2D eigenvalue weighted by molar-refractivity contribution is 5.85. The molecule has 142 valence electrons. The first-order valence-corrected chi connectivity index (χ1v) is 8.25. The Kier molecular flexibility index (Phi) is 5.23. The molecule has 0 amide bonds. The number of benzene rings is 2. The Morgan fingerprint density at radius 2 is 1.96 bits per heavy atom. The lowest BCUT2D eigenvalue weighted by atomic mass is 9.90. The minimum atomic E-state index is -1.06. The van der Waals surface area contributed by atoms with Gasteiger partial charge in [0.2, 0.25) is 0 Å². The summed E-state index contributed by atoms with van der Waals surface area (Å²) in [5, 5.41) is 28.8. The smallest absolute Gasteiger partial charge is 0.328 e. The van der Waals surface area contributed by atoms with Crippen molar-refractivity contribution < 1.29 is 34.3 Å². The van der Waals surface area contributed by atoms with Crippen molar-refractivity contribution in [2.75, 3.05) is 20.8 Å².